The van der Waals surface area contributed by atoms with Crippen molar-refractivity contribution in [3.05, 3.63) is 35.4 Å². The lowest BCUT2D eigenvalue weighted by atomic mass is 9.89. The maximum absolute atomic E-state index is 12.1. The van der Waals surface area contributed by atoms with E-state index in [1.807, 2.05) is 19.9 Å². The molecule has 1 aromatic carbocycles. The van der Waals surface area contributed by atoms with Crippen LogP contribution in [0.5, 0.6) is 0 Å². The van der Waals surface area contributed by atoms with Crippen LogP contribution in [0.1, 0.15) is 38.3 Å². The zero-order valence-corrected chi connectivity index (χ0v) is 13.4. The Hall–Kier alpha value is -1.42. The van der Waals surface area contributed by atoms with Crippen molar-refractivity contribution in [1.29, 1.82) is 5.26 Å². The van der Waals surface area contributed by atoms with Gasteiger partial charge in [-0.15, -0.1) is 0 Å². The van der Waals surface area contributed by atoms with Gasteiger partial charge in [0.1, 0.15) is 0 Å². The predicted molar refractivity (Wildman–Crippen MR) is 81.9 cm³/mol. The molecule has 0 aliphatic carbocycles. The molecule has 2 unspecified atom stereocenters. The van der Waals surface area contributed by atoms with Crippen molar-refractivity contribution in [2.45, 2.75) is 38.5 Å². The Morgan fingerprint density at radius 1 is 1.48 bits per heavy atom. The highest BCUT2D eigenvalue weighted by Gasteiger charge is 2.28. The van der Waals surface area contributed by atoms with Crippen LogP contribution in [0.4, 0.5) is 0 Å². The van der Waals surface area contributed by atoms with Crippen LogP contribution in [0.2, 0.25) is 0 Å². The SMILES string of the molecule is CCC(C)C(C)(O)CNS(=O)(=O)Cc1cccc(C#N)c1. The summed E-state index contributed by atoms with van der Waals surface area (Å²) in [4.78, 5) is 0. The number of hydrogen-bond acceptors (Lipinski definition) is 4. The van der Waals surface area contributed by atoms with Crippen LogP contribution in [0.25, 0.3) is 0 Å². The van der Waals surface area contributed by atoms with Crippen molar-refractivity contribution in [3.8, 4) is 6.07 Å². The smallest absolute Gasteiger partial charge is 0.215 e. The van der Waals surface area contributed by atoms with E-state index >= 15 is 0 Å². The minimum atomic E-state index is -3.55. The van der Waals surface area contributed by atoms with Gasteiger partial charge in [-0.2, -0.15) is 5.26 Å². The van der Waals surface area contributed by atoms with Crippen molar-refractivity contribution in [2.24, 2.45) is 5.92 Å². The molecule has 0 saturated carbocycles. The highest BCUT2D eigenvalue weighted by Crippen LogP contribution is 2.19. The largest absolute Gasteiger partial charge is 0.389 e. The second kappa shape index (κ2) is 7.03. The van der Waals surface area contributed by atoms with Crippen LogP contribution in [0, 0.1) is 17.2 Å². The second-order valence-electron chi connectivity index (χ2n) is 5.56. The summed E-state index contributed by atoms with van der Waals surface area (Å²) in [6.07, 6.45) is 0.763. The molecule has 0 spiro atoms. The van der Waals surface area contributed by atoms with Gasteiger partial charge in [-0.1, -0.05) is 32.4 Å². The van der Waals surface area contributed by atoms with Crippen molar-refractivity contribution in [2.75, 3.05) is 6.54 Å². The van der Waals surface area contributed by atoms with E-state index in [0.717, 1.165) is 6.42 Å². The molecule has 116 valence electrons. The molecular weight excluding hydrogens is 288 g/mol. The number of rotatable bonds is 7. The number of nitrogens with one attached hydrogen (secondary N) is 1. The Morgan fingerprint density at radius 2 is 2.14 bits per heavy atom. The molecule has 0 aliphatic rings. The van der Waals surface area contributed by atoms with Crippen molar-refractivity contribution in [1.82, 2.24) is 4.72 Å². The lowest BCUT2D eigenvalue weighted by Gasteiger charge is -2.29. The average Bonchev–Trinajstić information content (AvgIpc) is 2.44. The molecule has 2 N–H and O–H groups in total. The van der Waals surface area contributed by atoms with Crippen molar-refractivity contribution in [3.63, 3.8) is 0 Å². The first kappa shape index (κ1) is 17.6. The van der Waals surface area contributed by atoms with E-state index < -0.39 is 15.6 Å². The third-order valence-electron chi connectivity index (χ3n) is 3.74. The van der Waals surface area contributed by atoms with Gasteiger partial charge in [0.05, 0.1) is 23.0 Å². The zero-order chi connectivity index (χ0) is 16.1. The molecule has 21 heavy (non-hydrogen) atoms. The fraction of sp³-hybridized carbons (Fsp3) is 0.533. The maximum Gasteiger partial charge on any atom is 0.215 e. The minimum absolute atomic E-state index is 0.0119. The van der Waals surface area contributed by atoms with Crippen molar-refractivity contribution >= 4 is 10.0 Å². The molecule has 0 bridgehead atoms. The molecule has 1 aromatic rings. The van der Waals surface area contributed by atoms with Crippen LogP contribution in [-0.2, 0) is 15.8 Å². The Morgan fingerprint density at radius 3 is 2.71 bits per heavy atom. The summed E-state index contributed by atoms with van der Waals surface area (Å²) >= 11 is 0. The molecule has 2 atom stereocenters. The normalized spacial score (nSPS) is 16.0. The van der Waals surface area contributed by atoms with Gasteiger partial charge in [-0.3, -0.25) is 0 Å². The Kier molecular flexibility index (Phi) is 5.90. The topological polar surface area (TPSA) is 90.2 Å². The van der Waals surface area contributed by atoms with Crippen LogP contribution in [-0.4, -0.2) is 25.7 Å². The summed E-state index contributed by atoms with van der Waals surface area (Å²) in [6.45, 7) is 5.42. The van der Waals surface area contributed by atoms with Crippen LogP contribution in [0.15, 0.2) is 24.3 Å². The van der Waals surface area contributed by atoms with E-state index in [1.54, 1.807) is 31.2 Å². The van der Waals surface area contributed by atoms with Gasteiger partial charge >= 0.3 is 0 Å². The predicted octanol–water partition coefficient (Wildman–Crippen LogP) is 1.77. The number of nitrogens with zero attached hydrogens (tertiary/aromatic N) is 1. The molecular formula is C15H22N2O3S. The third kappa shape index (κ3) is 5.46. The highest BCUT2D eigenvalue weighted by atomic mass is 32.2. The van der Waals surface area contributed by atoms with Crippen LogP contribution >= 0.6 is 0 Å². The molecule has 0 saturated heterocycles. The van der Waals surface area contributed by atoms with E-state index in [-0.39, 0.29) is 18.2 Å². The van der Waals surface area contributed by atoms with Gasteiger partial charge in [-0.05, 0) is 30.5 Å². The van der Waals surface area contributed by atoms with Crippen LogP contribution in [0.3, 0.4) is 0 Å². The van der Waals surface area contributed by atoms with E-state index in [9.17, 15) is 13.5 Å². The number of hydrogen-bond donors (Lipinski definition) is 2. The monoisotopic (exact) mass is 310 g/mol. The second-order valence-corrected chi connectivity index (χ2v) is 7.37. The van der Waals surface area contributed by atoms with Gasteiger partial charge in [0, 0.05) is 6.54 Å². The lowest BCUT2D eigenvalue weighted by Crippen LogP contribution is -2.45. The Balaban J connectivity index is 2.72. The average molecular weight is 310 g/mol. The van der Waals surface area contributed by atoms with E-state index in [2.05, 4.69) is 4.72 Å². The molecule has 0 aromatic heterocycles. The van der Waals surface area contributed by atoms with E-state index in [1.165, 1.54) is 0 Å². The van der Waals surface area contributed by atoms with Crippen molar-refractivity contribution < 1.29 is 13.5 Å². The molecule has 6 heteroatoms. The number of nitriles is 1. The summed E-state index contributed by atoms with van der Waals surface area (Å²) in [5.74, 6) is -0.221. The van der Waals surface area contributed by atoms with E-state index in [0.29, 0.717) is 11.1 Å². The molecule has 0 amide bonds. The molecule has 0 aliphatic heterocycles. The number of benzene rings is 1. The number of sulfonamides is 1. The first-order valence-electron chi connectivity index (χ1n) is 6.89. The molecule has 5 nitrogen and oxygen atoms in total. The van der Waals surface area contributed by atoms with Gasteiger partial charge in [-0.25, -0.2) is 13.1 Å². The zero-order valence-electron chi connectivity index (χ0n) is 12.6. The lowest BCUT2D eigenvalue weighted by molar-refractivity contribution is 0.0102. The Labute approximate surface area is 126 Å². The van der Waals surface area contributed by atoms with E-state index in [4.69, 9.17) is 5.26 Å². The standard InChI is InChI=1S/C15H22N2O3S/c1-4-12(2)15(3,18)11-17-21(19,20)10-14-7-5-6-13(8-14)9-16/h5-8,12,17-18H,4,10-11H2,1-3H3. The summed E-state index contributed by atoms with van der Waals surface area (Å²) in [6, 6.07) is 8.46. The van der Waals surface area contributed by atoms with Gasteiger partial charge < -0.3 is 5.11 Å². The van der Waals surface area contributed by atoms with Crippen LogP contribution < -0.4 is 4.72 Å². The quantitative estimate of drug-likeness (QED) is 0.803. The first-order chi connectivity index (χ1) is 9.70. The fourth-order valence-corrected chi connectivity index (χ4v) is 3.10. The van der Waals surface area contributed by atoms with Gasteiger partial charge in [0.2, 0.25) is 10.0 Å². The molecule has 1 rings (SSSR count). The number of aliphatic hydroxyl groups is 1. The van der Waals surface area contributed by atoms with Gasteiger partial charge in [0.25, 0.3) is 0 Å². The summed E-state index contributed by atoms with van der Waals surface area (Å²) in [7, 11) is -3.55. The van der Waals surface area contributed by atoms with Gasteiger partial charge in [0.15, 0.2) is 0 Å². The highest BCUT2D eigenvalue weighted by molar-refractivity contribution is 7.88. The third-order valence-corrected chi connectivity index (χ3v) is 5.03. The maximum atomic E-state index is 12.1. The Bertz CT molecular complexity index is 618. The molecule has 0 radical (unpaired) electrons. The summed E-state index contributed by atoms with van der Waals surface area (Å²) < 4.78 is 26.5. The summed E-state index contributed by atoms with van der Waals surface area (Å²) in [5, 5.41) is 19.0. The molecule has 0 fully saturated rings. The summed E-state index contributed by atoms with van der Waals surface area (Å²) in [5.41, 5.74) is -0.116. The fourth-order valence-electron chi connectivity index (χ4n) is 1.87. The molecule has 0 heterocycles. The first-order valence-corrected chi connectivity index (χ1v) is 8.54. The minimum Gasteiger partial charge on any atom is -0.389 e.